The summed E-state index contributed by atoms with van der Waals surface area (Å²) in [6.07, 6.45) is 10.5. The van der Waals surface area contributed by atoms with Crippen LogP contribution >= 0.6 is 23.2 Å². The van der Waals surface area contributed by atoms with E-state index < -0.39 is 0 Å². The number of benzene rings is 1. The van der Waals surface area contributed by atoms with Gasteiger partial charge >= 0.3 is 0 Å². The molecule has 3 fully saturated rings. The molecular formula is C27H38Cl2N4O4. The van der Waals surface area contributed by atoms with Gasteiger partial charge in [0, 0.05) is 36.4 Å². The minimum atomic E-state index is -0.369. The molecule has 1 aromatic heterocycles. The normalized spacial score (nSPS) is 22.5. The molecule has 8 nitrogen and oxygen atoms in total. The quantitative estimate of drug-likeness (QED) is 0.490. The molecule has 1 saturated carbocycles. The fraction of sp³-hybridized carbons (Fsp3) is 0.630. The first-order valence-corrected chi connectivity index (χ1v) is 14.1. The van der Waals surface area contributed by atoms with Gasteiger partial charge in [0.25, 0.3) is 5.56 Å². The summed E-state index contributed by atoms with van der Waals surface area (Å²) < 4.78 is 16.8. The molecule has 204 valence electrons. The zero-order chi connectivity index (χ0) is 25.9. The fourth-order valence-corrected chi connectivity index (χ4v) is 5.37. The third-order valence-electron chi connectivity index (χ3n) is 7.09. The predicted molar refractivity (Wildman–Crippen MR) is 148 cm³/mol. The molecule has 3 aliphatic rings. The van der Waals surface area contributed by atoms with Gasteiger partial charge in [-0.3, -0.25) is 4.79 Å². The van der Waals surface area contributed by atoms with Crippen molar-refractivity contribution in [3.63, 3.8) is 0 Å². The molecule has 10 heteroatoms. The molecule has 0 amide bonds. The Balaban J connectivity index is 0.000000180. The SMILES string of the molecule is Clc1ccc(N(CC2COCCO2)C2CCCCC2)cc1.O=c1[nH]ncc(NCC2CCCOC2)c1Cl. The first kappa shape index (κ1) is 28.2. The maximum absolute atomic E-state index is 11.2. The minimum absolute atomic E-state index is 0.159. The van der Waals surface area contributed by atoms with Gasteiger partial charge in [-0.1, -0.05) is 42.5 Å². The van der Waals surface area contributed by atoms with Gasteiger partial charge in [0.2, 0.25) is 0 Å². The minimum Gasteiger partial charge on any atom is -0.382 e. The molecular weight excluding hydrogens is 515 g/mol. The number of halogens is 2. The average molecular weight is 554 g/mol. The van der Waals surface area contributed by atoms with Crippen LogP contribution < -0.4 is 15.8 Å². The monoisotopic (exact) mass is 552 g/mol. The first-order valence-electron chi connectivity index (χ1n) is 13.4. The van der Waals surface area contributed by atoms with E-state index in [1.165, 1.54) is 44.0 Å². The van der Waals surface area contributed by atoms with Crippen LogP contribution in [-0.2, 0) is 14.2 Å². The Hall–Kier alpha value is -1.84. The molecule has 5 rings (SSSR count). The lowest BCUT2D eigenvalue weighted by atomic mass is 9.93. The van der Waals surface area contributed by atoms with E-state index >= 15 is 0 Å². The standard InChI is InChI=1S/C17H24ClNO2.C10H14ClN3O2/c18-14-6-8-16(9-7-14)19(15-4-2-1-3-5-15)12-17-13-20-10-11-21-17;11-9-8(5-13-14-10(9)15)12-4-7-2-1-3-16-6-7/h6-9,15,17H,1-5,10-13H2;5,7H,1-4,6H2,(H2,12,14,15). The molecule has 0 radical (unpaired) electrons. The van der Waals surface area contributed by atoms with Gasteiger partial charge in [0.15, 0.2) is 0 Å². The van der Waals surface area contributed by atoms with Crippen molar-refractivity contribution in [3.8, 4) is 0 Å². The van der Waals surface area contributed by atoms with Gasteiger partial charge in [-0.2, -0.15) is 5.10 Å². The zero-order valence-corrected chi connectivity index (χ0v) is 22.8. The number of hydrogen-bond donors (Lipinski definition) is 2. The summed E-state index contributed by atoms with van der Waals surface area (Å²) in [4.78, 5) is 13.7. The van der Waals surface area contributed by atoms with Gasteiger partial charge in [-0.05, 0) is 55.9 Å². The highest BCUT2D eigenvalue weighted by atomic mass is 35.5. The van der Waals surface area contributed by atoms with E-state index in [4.69, 9.17) is 37.4 Å². The Labute approximate surface area is 229 Å². The fourth-order valence-electron chi connectivity index (χ4n) is 5.08. The largest absolute Gasteiger partial charge is 0.382 e. The van der Waals surface area contributed by atoms with Crippen molar-refractivity contribution in [2.75, 3.05) is 56.3 Å². The second-order valence-corrected chi connectivity index (χ2v) is 10.7. The molecule has 0 bridgehead atoms. The smallest absolute Gasteiger partial charge is 0.285 e. The van der Waals surface area contributed by atoms with Crippen molar-refractivity contribution >= 4 is 34.6 Å². The Morgan fingerprint density at radius 1 is 0.973 bits per heavy atom. The maximum atomic E-state index is 11.2. The highest BCUT2D eigenvalue weighted by Gasteiger charge is 2.26. The lowest BCUT2D eigenvalue weighted by molar-refractivity contribution is -0.0846. The van der Waals surface area contributed by atoms with E-state index in [1.807, 2.05) is 12.1 Å². The zero-order valence-electron chi connectivity index (χ0n) is 21.3. The molecule has 1 aromatic carbocycles. The first-order chi connectivity index (χ1) is 18.1. The second kappa shape index (κ2) is 14.9. The molecule has 1 aliphatic carbocycles. The number of nitrogens with one attached hydrogen (secondary N) is 2. The topological polar surface area (TPSA) is 88.7 Å². The van der Waals surface area contributed by atoms with Crippen LogP contribution in [0.4, 0.5) is 11.4 Å². The van der Waals surface area contributed by atoms with Gasteiger partial charge in [-0.25, -0.2) is 5.10 Å². The molecule has 0 spiro atoms. The lowest BCUT2D eigenvalue weighted by Gasteiger charge is -2.39. The summed E-state index contributed by atoms with van der Waals surface area (Å²) in [5.41, 5.74) is 1.46. The number of aromatic nitrogens is 2. The summed E-state index contributed by atoms with van der Waals surface area (Å²) in [7, 11) is 0. The van der Waals surface area contributed by atoms with Crippen molar-refractivity contribution in [2.24, 2.45) is 5.92 Å². The maximum Gasteiger partial charge on any atom is 0.285 e. The van der Waals surface area contributed by atoms with Gasteiger partial charge in [0.05, 0.1) is 44.4 Å². The number of aromatic amines is 1. The highest BCUT2D eigenvalue weighted by molar-refractivity contribution is 6.32. The van der Waals surface area contributed by atoms with Gasteiger partial charge in [0.1, 0.15) is 5.02 Å². The molecule has 3 heterocycles. The van der Waals surface area contributed by atoms with Crippen LogP contribution in [0, 0.1) is 5.92 Å². The molecule has 2 atom stereocenters. The van der Waals surface area contributed by atoms with Crippen LogP contribution in [0.2, 0.25) is 10.0 Å². The summed E-state index contributed by atoms with van der Waals surface area (Å²) in [5, 5.41) is 10.0. The van der Waals surface area contributed by atoms with E-state index in [0.717, 1.165) is 50.8 Å². The van der Waals surface area contributed by atoms with Crippen LogP contribution in [0.15, 0.2) is 35.3 Å². The van der Waals surface area contributed by atoms with Crippen molar-refractivity contribution in [3.05, 3.63) is 50.9 Å². The number of H-pyrrole nitrogens is 1. The highest BCUT2D eigenvalue weighted by Crippen LogP contribution is 2.29. The number of ether oxygens (including phenoxy) is 3. The number of rotatable bonds is 7. The van der Waals surface area contributed by atoms with Crippen molar-refractivity contribution in [1.82, 2.24) is 10.2 Å². The van der Waals surface area contributed by atoms with Crippen LogP contribution in [0.1, 0.15) is 44.9 Å². The molecule has 37 heavy (non-hydrogen) atoms. The third-order valence-corrected chi connectivity index (χ3v) is 7.72. The summed E-state index contributed by atoms with van der Waals surface area (Å²) in [5.74, 6) is 0.476. The average Bonchev–Trinajstić information content (AvgIpc) is 2.95. The Kier molecular flexibility index (Phi) is 11.4. The predicted octanol–water partition coefficient (Wildman–Crippen LogP) is 5.16. The summed E-state index contributed by atoms with van der Waals surface area (Å²) >= 11 is 11.9. The summed E-state index contributed by atoms with van der Waals surface area (Å²) in [6, 6.07) is 8.82. The Morgan fingerprint density at radius 3 is 2.46 bits per heavy atom. The Morgan fingerprint density at radius 2 is 1.76 bits per heavy atom. The van der Waals surface area contributed by atoms with Crippen LogP contribution in [0.5, 0.6) is 0 Å². The van der Waals surface area contributed by atoms with E-state index in [9.17, 15) is 4.79 Å². The summed E-state index contributed by atoms with van der Waals surface area (Å²) in [6.45, 7) is 5.42. The van der Waals surface area contributed by atoms with Crippen molar-refractivity contribution in [1.29, 1.82) is 0 Å². The van der Waals surface area contributed by atoms with Crippen LogP contribution in [0.3, 0.4) is 0 Å². The van der Waals surface area contributed by atoms with E-state index in [0.29, 0.717) is 30.9 Å². The molecule has 2 saturated heterocycles. The lowest BCUT2D eigenvalue weighted by Crippen LogP contribution is -2.45. The Bertz CT molecular complexity index is 989. The van der Waals surface area contributed by atoms with Crippen molar-refractivity contribution < 1.29 is 14.2 Å². The van der Waals surface area contributed by atoms with Crippen LogP contribution in [-0.4, -0.2) is 68.5 Å². The van der Waals surface area contributed by atoms with E-state index in [2.05, 4.69) is 32.5 Å². The second-order valence-electron chi connectivity index (χ2n) is 9.88. The molecule has 2 N–H and O–H groups in total. The van der Waals surface area contributed by atoms with Gasteiger partial charge in [-0.15, -0.1) is 0 Å². The molecule has 2 unspecified atom stereocenters. The third kappa shape index (κ3) is 8.86. The van der Waals surface area contributed by atoms with Crippen molar-refractivity contribution in [2.45, 2.75) is 57.1 Å². The van der Waals surface area contributed by atoms with Gasteiger partial charge < -0.3 is 24.4 Å². The number of nitrogens with zero attached hydrogens (tertiary/aromatic N) is 2. The van der Waals surface area contributed by atoms with Crippen LogP contribution in [0.25, 0.3) is 0 Å². The number of anilines is 2. The molecule has 2 aromatic rings. The van der Waals surface area contributed by atoms with E-state index in [1.54, 1.807) is 0 Å². The number of hydrogen-bond acceptors (Lipinski definition) is 7. The molecule has 2 aliphatic heterocycles. The van der Waals surface area contributed by atoms with E-state index in [-0.39, 0.29) is 16.7 Å².